The Balaban J connectivity index is 1.26. The van der Waals surface area contributed by atoms with E-state index >= 15 is 4.39 Å². The molecule has 1 N–H and O–H groups in total. The first-order valence-corrected chi connectivity index (χ1v) is 13.9. The average Bonchev–Trinajstić information content (AvgIpc) is 3.45. The lowest BCUT2D eigenvalue weighted by atomic mass is 10.2. The van der Waals surface area contributed by atoms with Gasteiger partial charge in [0, 0.05) is 58.7 Å². The second-order valence-corrected chi connectivity index (χ2v) is 10.3. The SMILES string of the molecule is CCOc1ccn(-c2ccc(F)cc2)c(=O)c1C(=O)Nc1ccc(Oc2ccnc3cc(-c4cccnc4)sc23)c(F)c1. The van der Waals surface area contributed by atoms with E-state index in [1.165, 1.54) is 64.6 Å². The first-order chi connectivity index (χ1) is 20.9. The number of carbonyl (C=O) groups is 1. The van der Waals surface area contributed by atoms with Crippen molar-refractivity contribution in [1.82, 2.24) is 14.5 Å². The number of aromatic nitrogens is 3. The van der Waals surface area contributed by atoms with Gasteiger partial charge in [-0.25, -0.2) is 8.78 Å². The lowest BCUT2D eigenvalue weighted by Crippen LogP contribution is -2.29. The van der Waals surface area contributed by atoms with E-state index in [1.54, 1.807) is 31.6 Å². The van der Waals surface area contributed by atoms with Gasteiger partial charge < -0.3 is 14.8 Å². The van der Waals surface area contributed by atoms with Crippen molar-refractivity contribution < 1.29 is 23.0 Å². The first kappa shape index (κ1) is 27.7. The molecule has 8 nitrogen and oxygen atoms in total. The van der Waals surface area contributed by atoms with Crippen LogP contribution in [0.3, 0.4) is 0 Å². The van der Waals surface area contributed by atoms with E-state index in [1.807, 2.05) is 18.2 Å². The molecule has 0 atom stereocenters. The maximum absolute atomic E-state index is 15.2. The molecule has 0 aliphatic carbocycles. The number of pyridine rings is 3. The largest absolute Gasteiger partial charge is 0.493 e. The fourth-order valence-electron chi connectivity index (χ4n) is 4.43. The number of carbonyl (C=O) groups excluding carboxylic acids is 1. The Morgan fingerprint density at radius 1 is 0.977 bits per heavy atom. The molecule has 4 heterocycles. The molecule has 1 amide bonds. The molecule has 214 valence electrons. The molecule has 0 radical (unpaired) electrons. The summed E-state index contributed by atoms with van der Waals surface area (Å²) in [7, 11) is 0. The Hall–Kier alpha value is -5.42. The standard InChI is InChI=1S/C32H22F2N4O4S/c1-2-41-26-12-15-38(22-8-5-20(33)6-9-22)32(40)29(26)31(39)37-21-7-10-25(23(34)16-21)42-27-11-14-36-24-17-28(43-30(24)27)19-4-3-13-35-18-19/h3-18H,2H2,1H3,(H,37,39). The summed E-state index contributed by atoms with van der Waals surface area (Å²) >= 11 is 1.45. The van der Waals surface area contributed by atoms with Crippen LogP contribution in [0.2, 0.25) is 0 Å². The highest BCUT2D eigenvalue weighted by atomic mass is 32.1. The minimum Gasteiger partial charge on any atom is -0.493 e. The molecule has 0 saturated heterocycles. The highest BCUT2D eigenvalue weighted by molar-refractivity contribution is 7.22. The van der Waals surface area contributed by atoms with Crippen molar-refractivity contribution in [2.45, 2.75) is 6.92 Å². The van der Waals surface area contributed by atoms with Crippen LogP contribution in [-0.4, -0.2) is 27.0 Å². The van der Waals surface area contributed by atoms with Gasteiger partial charge in [-0.1, -0.05) is 6.07 Å². The van der Waals surface area contributed by atoms with Crippen LogP contribution in [-0.2, 0) is 0 Å². The zero-order valence-corrected chi connectivity index (χ0v) is 23.4. The topological polar surface area (TPSA) is 95.3 Å². The molecule has 6 rings (SSSR count). The number of rotatable bonds is 8. The van der Waals surface area contributed by atoms with E-state index < -0.39 is 23.1 Å². The molecule has 6 aromatic rings. The molecule has 11 heteroatoms. The van der Waals surface area contributed by atoms with Gasteiger partial charge in [0.1, 0.15) is 22.9 Å². The summed E-state index contributed by atoms with van der Waals surface area (Å²) in [6.45, 7) is 1.92. The first-order valence-electron chi connectivity index (χ1n) is 13.1. The number of halogens is 2. The Morgan fingerprint density at radius 3 is 2.56 bits per heavy atom. The summed E-state index contributed by atoms with van der Waals surface area (Å²) in [4.78, 5) is 36.1. The lowest BCUT2D eigenvalue weighted by Gasteiger charge is -2.14. The Kier molecular flexibility index (Phi) is 7.63. The fourth-order valence-corrected chi connectivity index (χ4v) is 5.48. The minimum atomic E-state index is -0.796. The third-order valence-electron chi connectivity index (χ3n) is 6.42. The van der Waals surface area contributed by atoms with Gasteiger partial charge in [-0.15, -0.1) is 11.3 Å². The molecule has 0 spiro atoms. The van der Waals surface area contributed by atoms with Gasteiger partial charge in [-0.2, -0.15) is 0 Å². The van der Waals surface area contributed by atoms with Gasteiger partial charge in [-0.3, -0.25) is 24.1 Å². The zero-order chi connectivity index (χ0) is 29.9. The Morgan fingerprint density at radius 2 is 1.81 bits per heavy atom. The van der Waals surface area contributed by atoms with E-state index in [2.05, 4.69) is 15.3 Å². The number of hydrogen-bond acceptors (Lipinski definition) is 7. The summed E-state index contributed by atoms with van der Waals surface area (Å²) in [5, 5.41) is 2.57. The van der Waals surface area contributed by atoms with E-state index in [0.717, 1.165) is 21.2 Å². The van der Waals surface area contributed by atoms with Gasteiger partial charge in [0.2, 0.25) is 0 Å². The van der Waals surface area contributed by atoms with Gasteiger partial charge >= 0.3 is 0 Å². The van der Waals surface area contributed by atoms with Crippen molar-refractivity contribution >= 4 is 33.1 Å². The molecule has 2 aromatic carbocycles. The van der Waals surface area contributed by atoms with Crippen LogP contribution in [0.5, 0.6) is 17.2 Å². The number of fused-ring (bicyclic) bond motifs is 1. The van der Waals surface area contributed by atoms with Crippen LogP contribution in [0.25, 0.3) is 26.3 Å². The van der Waals surface area contributed by atoms with Crippen LogP contribution in [0, 0.1) is 11.6 Å². The van der Waals surface area contributed by atoms with Gasteiger partial charge in [0.25, 0.3) is 11.5 Å². The monoisotopic (exact) mass is 596 g/mol. The predicted octanol–water partition coefficient (Wildman–Crippen LogP) is 7.23. The van der Waals surface area contributed by atoms with E-state index in [-0.39, 0.29) is 29.4 Å². The number of benzene rings is 2. The smallest absolute Gasteiger partial charge is 0.271 e. The van der Waals surface area contributed by atoms with Crippen LogP contribution < -0.4 is 20.3 Å². The quantitative estimate of drug-likeness (QED) is 0.199. The Bertz CT molecular complexity index is 2010. The highest BCUT2D eigenvalue weighted by Gasteiger charge is 2.21. The zero-order valence-electron chi connectivity index (χ0n) is 22.6. The Labute approximate surface area is 247 Å². The number of ether oxygens (including phenoxy) is 2. The summed E-state index contributed by atoms with van der Waals surface area (Å²) < 4.78 is 42.1. The molecule has 0 bridgehead atoms. The summed E-state index contributed by atoms with van der Waals surface area (Å²) in [6, 6.07) is 18.0. The number of nitrogens with zero attached hydrogens (tertiary/aromatic N) is 3. The van der Waals surface area contributed by atoms with Crippen LogP contribution in [0.15, 0.2) is 102 Å². The molecule has 0 aliphatic heterocycles. The summed E-state index contributed by atoms with van der Waals surface area (Å²) in [5.74, 6) is -1.56. The molecule has 0 unspecified atom stereocenters. The second-order valence-electron chi connectivity index (χ2n) is 9.22. The van der Waals surface area contributed by atoms with Crippen LogP contribution >= 0.6 is 11.3 Å². The summed E-state index contributed by atoms with van der Waals surface area (Å²) in [5.41, 5.74) is 1.13. The minimum absolute atomic E-state index is 0.0600. The number of hydrogen-bond donors (Lipinski definition) is 1. The molecule has 0 aliphatic rings. The molecular formula is C32H22F2N4O4S. The number of amides is 1. The van der Waals surface area contributed by atoms with E-state index in [4.69, 9.17) is 9.47 Å². The maximum atomic E-state index is 15.2. The molecule has 0 fully saturated rings. The van der Waals surface area contributed by atoms with E-state index in [9.17, 15) is 14.0 Å². The predicted molar refractivity (Wildman–Crippen MR) is 160 cm³/mol. The number of thiophene rings is 1. The number of nitrogens with one attached hydrogen (secondary N) is 1. The van der Waals surface area contributed by atoms with Crippen molar-refractivity contribution in [2.24, 2.45) is 0 Å². The van der Waals surface area contributed by atoms with Crippen LogP contribution in [0.1, 0.15) is 17.3 Å². The maximum Gasteiger partial charge on any atom is 0.271 e. The van der Waals surface area contributed by atoms with Gasteiger partial charge in [0.15, 0.2) is 11.6 Å². The molecule has 4 aromatic heterocycles. The fraction of sp³-hybridized carbons (Fsp3) is 0.0625. The van der Waals surface area contributed by atoms with Crippen LogP contribution in [0.4, 0.5) is 14.5 Å². The average molecular weight is 597 g/mol. The van der Waals surface area contributed by atoms with Crippen molar-refractivity contribution in [1.29, 1.82) is 0 Å². The molecule has 0 saturated carbocycles. The number of anilines is 1. The van der Waals surface area contributed by atoms with Crippen molar-refractivity contribution in [2.75, 3.05) is 11.9 Å². The van der Waals surface area contributed by atoms with Gasteiger partial charge in [-0.05, 0) is 61.5 Å². The van der Waals surface area contributed by atoms with Crippen molar-refractivity contribution in [3.63, 3.8) is 0 Å². The highest BCUT2D eigenvalue weighted by Crippen LogP contribution is 2.39. The van der Waals surface area contributed by atoms with Gasteiger partial charge in [0.05, 0.1) is 16.8 Å². The summed E-state index contributed by atoms with van der Waals surface area (Å²) in [6.07, 6.45) is 6.47. The molecular weight excluding hydrogens is 574 g/mol. The van der Waals surface area contributed by atoms with Crippen molar-refractivity contribution in [3.8, 4) is 33.4 Å². The third-order valence-corrected chi connectivity index (χ3v) is 7.61. The van der Waals surface area contributed by atoms with E-state index in [0.29, 0.717) is 17.0 Å². The lowest BCUT2D eigenvalue weighted by molar-refractivity contribution is 0.102. The third kappa shape index (κ3) is 5.70. The molecule has 43 heavy (non-hydrogen) atoms. The second kappa shape index (κ2) is 11.8. The van der Waals surface area contributed by atoms with Crippen molar-refractivity contribution in [3.05, 3.63) is 125 Å². The normalized spacial score (nSPS) is 11.0.